The van der Waals surface area contributed by atoms with Gasteiger partial charge in [-0.2, -0.15) is 0 Å². The number of nitrogens with one attached hydrogen (secondary N) is 1. The molecule has 0 spiro atoms. The Balaban J connectivity index is 1.56. The van der Waals surface area contributed by atoms with Gasteiger partial charge in [-0.15, -0.1) is 0 Å². The van der Waals surface area contributed by atoms with E-state index in [4.69, 9.17) is 0 Å². The predicted molar refractivity (Wildman–Crippen MR) is 122 cm³/mol. The van der Waals surface area contributed by atoms with Gasteiger partial charge in [0.1, 0.15) is 0 Å². The Morgan fingerprint density at radius 2 is 1.68 bits per heavy atom. The molecule has 1 N–H and O–H groups in total. The lowest BCUT2D eigenvalue weighted by Gasteiger charge is -2.14. The van der Waals surface area contributed by atoms with Gasteiger partial charge in [0.05, 0.1) is 17.8 Å². The van der Waals surface area contributed by atoms with Crippen molar-refractivity contribution < 1.29 is 4.79 Å². The van der Waals surface area contributed by atoms with Crippen LogP contribution in [0.4, 0.5) is 0 Å². The quantitative estimate of drug-likeness (QED) is 0.517. The summed E-state index contributed by atoms with van der Waals surface area (Å²) >= 11 is 0. The molecule has 4 rings (SSSR count). The SMILES string of the molecule is Cc1c(C)n(-c2ccccc2)c2ncn(CCC(=O)NC(C)c3ccccc3)c(=O)c12. The molecule has 0 saturated heterocycles. The summed E-state index contributed by atoms with van der Waals surface area (Å²) in [5.74, 6) is -0.0990. The second-order valence-electron chi connectivity index (χ2n) is 7.77. The van der Waals surface area contributed by atoms with E-state index in [9.17, 15) is 9.59 Å². The summed E-state index contributed by atoms with van der Waals surface area (Å²) in [6.07, 6.45) is 1.75. The number of aryl methyl sites for hydroxylation is 2. The minimum atomic E-state index is -0.121. The van der Waals surface area contributed by atoms with Crippen LogP contribution in [0.15, 0.2) is 71.8 Å². The molecule has 4 aromatic rings. The van der Waals surface area contributed by atoms with Gasteiger partial charge in [0.25, 0.3) is 5.56 Å². The number of amides is 1. The average Bonchev–Trinajstić information content (AvgIpc) is 3.05. The number of hydrogen-bond acceptors (Lipinski definition) is 3. The maximum Gasteiger partial charge on any atom is 0.263 e. The van der Waals surface area contributed by atoms with Gasteiger partial charge in [0.15, 0.2) is 5.65 Å². The summed E-state index contributed by atoms with van der Waals surface area (Å²) in [5, 5.41) is 3.59. The molecular weight excluding hydrogens is 388 g/mol. The number of nitrogens with zero attached hydrogens (tertiary/aromatic N) is 3. The fraction of sp³-hybridized carbons (Fsp3) is 0.240. The molecule has 1 unspecified atom stereocenters. The fourth-order valence-corrected chi connectivity index (χ4v) is 3.90. The lowest BCUT2D eigenvalue weighted by molar-refractivity contribution is -0.121. The number of hydrogen-bond donors (Lipinski definition) is 1. The Hall–Kier alpha value is -3.67. The minimum Gasteiger partial charge on any atom is -0.350 e. The number of benzene rings is 2. The van der Waals surface area contributed by atoms with Crippen LogP contribution in [0.5, 0.6) is 0 Å². The van der Waals surface area contributed by atoms with Crippen LogP contribution < -0.4 is 10.9 Å². The average molecular weight is 415 g/mol. The molecule has 158 valence electrons. The van der Waals surface area contributed by atoms with E-state index in [1.807, 2.05) is 86.0 Å². The third-order valence-corrected chi connectivity index (χ3v) is 5.75. The zero-order valence-corrected chi connectivity index (χ0v) is 18.0. The molecule has 2 heterocycles. The van der Waals surface area contributed by atoms with Gasteiger partial charge in [-0.05, 0) is 44.0 Å². The maximum absolute atomic E-state index is 13.2. The molecule has 2 aromatic heterocycles. The highest BCUT2D eigenvalue weighted by molar-refractivity contribution is 5.83. The number of carbonyl (C=O) groups is 1. The summed E-state index contributed by atoms with van der Waals surface area (Å²) < 4.78 is 3.53. The molecule has 31 heavy (non-hydrogen) atoms. The molecule has 0 bridgehead atoms. The second-order valence-corrected chi connectivity index (χ2v) is 7.77. The van der Waals surface area contributed by atoms with Crippen LogP contribution in [0.2, 0.25) is 0 Å². The number of rotatable bonds is 6. The Kier molecular flexibility index (Phi) is 5.71. The van der Waals surface area contributed by atoms with Crippen molar-refractivity contribution in [2.75, 3.05) is 0 Å². The van der Waals surface area contributed by atoms with E-state index >= 15 is 0 Å². The van der Waals surface area contributed by atoms with E-state index in [-0.39, 0.29) is 30.5 Å². The number of fused-ring (bicyclic) bond motifs is 1. The van der Waals surface area contributed by atoms with Gasteiger partial charge >= 0.3 is 0 Å². The first kappa shape index (κ1) is 20.6. The molecule has 6 nitrogen and oxygen atoms in total. The highest BCUT2D eigenvalue weighted by Crippen LogP contribution is 2.24. The van der Waals surface area contributed by atoms with E-state index in [0.717, 1.165) is 22.5 Å². The first-order valence-electron chi connectivity index (χ1n) is 10.4. The molecule has 1 atom stereocenters. The topological polar surface area (TPSA) is 68.9 Å². The van der Waals surface area contributed by atoms with E-state index in [0.29, 0.717) is 11.0 Å². The maximum atomic E-state index is 13.2. The highest BCUT2D eigenvalue weighted by atomic mass is 16.2. The Morgan fingerprint density at radius 3 is 2.35 bits per heavy atom. The molecular formula is C25H26N4O2. The van der Waals surface area contributed by atoms with Crippen LogP contribution in [0, 0.1) is 13.8 Å². The van der Waals surface area contributed by atoms with Crippen molar-refractivity contribution in [3.63, 3.8) is 0 Å². The Bertz CT molecular complexity index is 1270. The fourth-order valence-electron chi connectivity index (χ4n) is 3.90. The lowest BCUT2D eigenvalue weighted by Crippen LogP contribution is -2.29. The lowest BCUT2D eigenvalue weighted by atomic mass is 10.1. The number of carbonyl (C=O) groups excluding carboxylic acids is 1. The molecule has 0 aliphatic heterocycles. The van der Waals surface area contributed by atoms with Crippen molar-refractivity contribution in [3.8, 4) is 5.69 Å². The zero-order chi connectivity index (χ0) is 22.0. The normalized spacial score (nSPS) is 12.1. The summed E-state index contributed by atoms with van der Waals surface area (Å²) in [6, 6.07) is 19.6. The minimum absolute atomic E-state index is 0.0872. The molecule has 1 amide bonds. The molecule has 6 heteroatoms. The summed E-state index contributed by atoms with van der Waals surface area (Å²) in [5.41, 5.74) is 4.43. The predicted octanol–water partition coefficient (Wildman–Crippen LogP) is 4.07. The first-order valence-corrected chi connectivity index (χ1v) is 10.4. The zero-order valence-electron chi connectivity index (χ0n) is 18.0. The third-order valence-electron chi connectivity index (χ3n) is 5.75. The van der Waals surface area contributed by atoms with Gasteiger partial charge < -0.3 is 5.32 Å². The molecule has 0 fully saturated rings. The van der Waals surface area contributed by atoms with E-state index in [2.05, 4.69) is 10.3 Å². The smallest absolute Gasteiger partial charge is 0.263 e. The second kappa shape index (κ2) is 8.60. The van der Waals surface area contributed by atoms with Gasteiger partial charge in [-0.1, -0.05) is 48.5 Å². The largest absolute Gasteiger partial charge is 0.350 e. The van der Waals surface area contributed by atoms with Crippen LogP contribution in [0.3, 0.4) is 0 Å². The van der Waals surface area contributed by atoms with Gasteiger partial charge in [-0.25, -0.2) is 4.98 Å². The van der Waals surface area contributed by atoms with Crippen LogP contribution in [-0.4, -0.2) is 20.0 Å². The van der Waals surface area contributed by atoms with Crippen LogP contribution in [0.25, 0.3) is 16.7 Å². The Morgan fingerprint density at radius 1 is 1.03 bits per heavy atom. The summed E-state index contributed by atoms with van der Waals surface area (Å²) in [7, 11) is 0. The van der Waals surface area contributed by atoms with Gasteiger partial charge in [0.2, 0.25) is 5.91 Å². The molecule has 0 radical (unpaired) electrons. The van der Waals surface area contributed by atoms with E-state index in [1.54, 1.807) is 0 Å². The van der Waals surface area contributed by atoms with Crippen molar-refractivity contribution in [1.29, 1.82) is 0 Å². The van der Waals surface area contributed by atoms with Gasteiger partial charge in [-0.3, -0.25) is 18.7 Å². The molecule has 0 aliphatic carbocycles. The van der Waals surface area contributed by atoms with Crippen LogP contribution in [-0.2, 0) is 11.3 Å². The van der Waals surface area contributed by atoms with Crippen molar-refractivity contribution in [2.45, 2.75) is 39.8 Å². The summed E-state index contributed by atoms with van der Waals surface area (Å²) in [4.78, 5) is 30.2. The van der Waals surface area contributed by atoms with Crippen molar-refractivity contribution in [2.24, 2.45) is 0 Å². The number of aromatic nitrogens is 3. The van der Waals surface area contributed by atoms with E-state index < -0.39 is 0 Å². The van der Waals surface area contributed by atoms with Crippen LogP contribution >= 0.6 is 0 Å². The van der Waals surface area contributed by atoms with Crippen molar-refractivity contribution >= 4 is 16.9 Å². The van der Waals surface area contributed by atoms with Gasteiger partial charge in [0, 0.05) is 24.3 Å². The number of para-hydroxylation sites is 1. The first-order chi connectivity index (χ1) is 15.0. The molecule has 0 saturated carbocycles. The summed E-state index contributed by atoms with van der Waals surface area (Å²) in [6.45, 7) is 6.17. The molecule has 2 aromatic carbocycles. The third kappa shape index (κ3) is 4.01. The Labute approximate surface area is 181 Å². The van der Waals surface area contributed by atoms with Crippen molar-refractivity contribution in [3.05, 3.63) is 94.2 Å². The molecule has 0 aliphatic rings. The van der Waals surface area contributed by atoms with E-state index in [1.165, 1.54) is 10.9 Å². The monoisotopic (exact) mass is 414 g/mol. The highest BCUT2D eigenvalue weighted by Gasteiger charge is 2.18. The van der Waals surface area contributed by atoms with Crippen LogP contribution in [0.1, 0.15) is 36.2 Å². The van der Waals surface area contributed by atoms with Crippen molar-refractivity contribution in [1.82, 2.24) is 19.4 Å². The standard InChI is InChI=1S/C25H26N4O2/c1-17-19(3)29(21-12-8-5-9-13-21)24-23(17)25(31)28(16-26-24)15-14-22(30)27-18(2)20-10-6-4-7-11-20/h4-13,16,18H,14-15H2,1-3H3,(H,27,30).